The number of aliphatic hydroxyl groups excluding tert-OH is 1. The molecule has 98 valence electrons. The highest BCUT2D eigenvalue weighted by atomic mass is 16.6. The molecule has 0 radical (unpaired) electrons. The third-order valence-corrected chi connectivity index (χ3v) is 3.03. The number of epoxide rings is 1. The maximum Gasteiger partial charge on any atom is 0.410 e. The van der Waals surface area contributed by atoms with Gasteiger partial charge in [-0.2, -0.15) is 0 Å². The molecule has 17 heavy (non-hydrogen) atoms. The second-order valence-corrected chi connectivity index (χ2v) is 5.90. The molecule has 0 spiro atoms. The predicted octanol–water partition coefficient (Wildman–Crippen LogP) is 1.00. The number of β-amino-alcohol motifs (C(OH)–C–C–N with tert-alkyl or cyclic N) is 1. The van der Waals surface area contributed by atoms with E-state index in [4.69, 9.17) is 9.47 Å². The van der Waals surface area contributed by atoms with Crippen LogP contribution in [0.3, 0.4) is 0 Å². The Morgan fingerprint density at radius 2 is 2.12 bits per heavy atom. The topological polar surface area (TPSA) is 62.3 Å². The predicted molar refractivity (Wildman–Crippen MR) is 61.7 cm³/mol. The second kappa shape index (κ2) is 4.46. The summed E-state index contributed by atoms with van der Waals surface area (Å²) in [6, 6.07) is 0. The molecule has 2 aliphatic rings. The molecule has 0 aromatic rings. The van der Waals surface area contributed by atoms with Gasteiger partial charge in [-0.15, -0.1) is 0 Å². The van der Waals surface area contributed by atoms with Gasteiger partial charge in [-0.3, -0.25) is 0 Å². The molecular formula is C12H21NO4. The van der Waals surface area contributed by atoms with Gasteiger partial charge in [0.15, 0.2) is 0 Å². The van der Waals surface area contributed by atoms with Crippen LogP contribution in [0.1, 0.15) is 27.2 Å². The number of hydrogen-bond donors (Lipinski definition) is 1. The molecule has 1 N–H and O–H groups in total. The Morgan fingerprint density at radius 1 is 1.47 bits per heavy atom. The van der Waals surface area contributed by atoms with Crippen molar-refractivity contribution < 1.29 is 19.4 Å². The van der Waals surface area contributed by atoms with Gasteiger partial charge in [-0.05, 0) is 27.2 Å². The Balaban J connectivity index is 1.84. The zero-order chi connectivity index (χ0) is 12.6. The lowest BCUT2D eigenvalue weighted by Gasteiger charge is -2.24. The fraction of sp³-hybridized carbons (Fsp3) is 0.917. The first-order valence-electron chi connectivity index (χ1n) is 6.13. The average molecular weight is 243 g/mol. The van der Waals surface area contributed by atoms with Gasteiger partial charge >= 0.3 is 6.09 Å². The van der Waals surface area contributed by atoms with E-state index < -0.39 is 11.7 Å². The van der Waals surface area contributed by atoms with Crippen molar-refractivity contribution in [2.24, 2.45) is 5.92 Å². The lowest BCUT2D eigenvalue weighted by molar-refractivity contribution is 0.0269. The molecule has 5 nitrogen and oxygen atoms in total. The van der Waals surface area contributed by atoms with E-state index in [-0.39, 0.29) is 18.1 Å². The zero-order valence-electron chi connectivity index (χ0n) is 10.7. The van der Waals surface area contributed by atoms with E-state index in [0.717, 1.165) is 13.0 Å². The van der Waals surface area contributed by atoms with Crippen LogP contribution in [0.4, 0.5) is 4.79 Å². The molecule has 3 unspecified atom stereocenters. The van der Waals surface area contributed by atoms with Crippen LogP contribution in [0.2, 0.25) is 0 Å². The second-order valence-electron chi connectivity index (χ2n) is 5.90. The van der Waals surface area contributed by atoms with Gasteiger partial charge in [0.05, 0.1) is 25.4 Å². The molecule has 5 heteroatoms. The Morgan fingerprint density at radius 3 is 2.65 bits per heavy atom. The zero-order valence-corrected chi connectivity index (χ0v) is 10.7. The van der Waals surface area contributed by atoms with Crippen molar-refractivity contribution in [3.05, 3.63) is 0 Å². The summed E-state index contributed by atoms with van der Waals surface area (Å²) in [6.07, 6.45) is 0.330. The van der Waals surface area contributed by atoms with Crippen molar-refractivity contribution >= 4 is 6.09 Å². The van der Waals surface area contributed by atoms with Crippen LogP contribution in [0.15, 0.2) is 0 Å². The van der Waals surface area contributed by atoms with Crippen molar-refractivity contribution in [1.82, 2.24) is 4.90 Å². The highest BCUT2D eigenvalue weighted by Crippen LogP contribution is 2.28. The van der Waals surface area contributed by atoms with Crippen LogP contribution in [0.25, 0.3) is 0 Å². The highest BCUT2D eigenvalue weighted by Gasteiger charge is 2.39. The number of amides is 1. The highest BCUT2D eigenvalue weighted by molar-refractivity contribution is 5.68. The maximum atomic E-state index is 11.8. The van der Waals surface area contributed by atoms with Crippen LogP contribution in [0.5, 0.6) is 0 Å². The van der Waals surface area contributed by atoms with Crippen molar-refractivity contribution in [2.75, 3.05) is 19.7 Å². The van der Waals surface area contributed by atoms with Crippen LogP contribution < -0.4 is 0 Å². The third kappa shape index (κ3) is 3.57. The summed E-state index contributed by atoms with van der Waals surface area (Å²) in [5, 5.41) is 9.88. The van der Waals surface area contributed by atoms with E-state index in [2.05, 4.69) is 0 Å². The molecule has 1 amide bonds. The molecule has 0 bridgehead atoms. The van der Waals surface area contributed by atoms with Crippen molar-refractivity contribution in [2.45, 2.75) is 45.0 Å². The molecule has 0 aromatic heterocycles. The van der Waals surface area contributed by atoms with Gasteiger partial charge in [0.25, 0.3) is 0 Å². The lowest BCUT2D eigenvalue weighted by Crippen LogP contribution is -2.35. The monoisotopic (exact) mass is 243 g/mol. The molecule has 2 rings (SSSR count). The Kier molecular flexibility index (Phi) is 3.32. The van der Waals surface area contributed by atoms with Crippen LogP contribution in [0, 0.1) is 5.92 Å². The number of carbonyl (C=O) groups is 1. The fourth-order valence-corrected chi connectivity index (χ4v) is 2.10. The Hall–Kier alpha value is -0.810. The first kappa shape index (κ1) is 12.6. The Labute approximate surface area is 102 Å². The van der Waals surface area contributed by atoms with Crippen LogP contribution in [-0.2, 0) is 9.47 Å². The number of aliphatic hydroxyl groups is 1. The van der Waals surface area contributed by atoms with Gasteiger partial charge in [0, 0.05) is 12.5 Å². The maximum absolute atomic E-state index is 11.8. The summed E-state index contributed by atoms with van der Waals surface area (Å²) >= 11 is 0. The van der Waals surface area contributed by atoms with Crippen molar-refractivity contribution in [1.29, 1.82) is 0 Å². The summed E-state index contributed by atoms with van der Waals surface area (Å²) in [4.78, 5) is 13.4. The summed E-state index contributed by atoms with van der Waals surface area (Å²) in [7, 11) is 0. The molecule has 0 saturated carbocycles. The van der Waals surface area contributed by atoms with Crippen LogP contribution in [-0.4, -0.2) is 53.6 Å². The third-order valence-electron chi connectivity index (χ3n) is 3.03. The molecule has 0 aliphatic carbocycles. The first-order valence-corrected chi connectivity index (χ1v) is 6.13. The summed E-state index contributed by atoms with van der Waals surface area (Å²) in [5.74, 6) is 0.120. The number of likely N-dealkylation sites (tertiary alicyclic amines) is 1. The van der Waals surface area contributed by atoms with E-state index in [1.807, 2.05) is 20.8 Å². The number of hydrogen-bond acceptors (Lipinski definition) is 4. The van der Waals surface area contributed by atoms with Gasteiger partial charge in [0.2, 0.25) is 0 Å². The molecule has 0 aromatic carbocycles. The molecule has 2 aliphatic heterocycles. The number of rotatable bonds is 2. The minimum Gasteiger partial charge on any atom is -0.444 e. The smallest absolute Gasteiger partial charge is 0.410 e. The minimum absolute atomic E-state index is 0.120. The molecule has 2 heterocycles. The quantitative estimate of drug-likeness (QED) is 0.735. The molecule has 3 atom stereocenters. The van der Waals surface area contributed by atoms with Crippen LogP contribution >= 0.6 is 0 Å². The summed E-state index contributed by atoms with van der Waals surface area (Å²) in [6.45, 7) is 7.24. The van der Waals surface area contributed by atoms with Gasteiger partial charge < -0.3 is 19.5 Å². The molecule has 2 saturated heterocycles. The Bertz CT molecular complexity index is 295. The van der Waals surface area contributed by atoms with Crippen molar-refractivity contribution in [3.63, 3.8) is 0 Å². The van der Waals surface area contributed by atoms with Gasteiger partial charge in [-0.1, -0.05) is 0 Å². The SMILES string of the molecule is CC(C)(C)OC(=O)N1CC(O)C(CC2CO2)C1. The van der Waals surface area contributed by atoms with E-state index in [9.17, 15) is 9.90 Å². The molecular weight excluding hydrogens is 222 g/mol. The normalized spacial score (nSPS) is 32.7. The standard InChI is InChI=1S/C12H21NO4/c1-12(2,3)17-11(15)13-5-8(10(14)6-13)4-9-7-16-9/h8-10,14H,4-7H2,1-3H3. The fourth-order valence-electron chi connectivity index (χ4n) is 2.10. The average Bonchev–Trinajstić information content (AvgIpc) is 2.89. The van der Waals surface area contributed by atoms with E-state index >= 15 is 0 Å². The lowest BCUT2D eigenvalue weighted by atomic mass is 10.0. The van der Waals surface area contributed by atoms with Crippen molar-refractivity contribution in [3.8, 4) is 0 Å². The summed E-state index contributed by atoms with van der Waals surface area (Å²) < 4.78 is 10.4. The number of ether oxygens (including phenoxy) is 2. The van der Waals surface area contributed by atoms with E-state index in [1.54, 1.807) is 4.90 Å². The largest absolute Gasteiger partial charge is 0.444 e. The number of nitrogens with zero attached hydrogens (tertiary/aromatic N) is 1. The van der Waals surface area contributed by atoms with E-state index in [0.29, 0.717) is 13.1 Å². The van der Waals surface area contributed by atoms with Gasteiger partial charge in [-0.25, -0.2) is 4.79 Å². The summed E-state index contributed by atoms with van der Waals surface area (Å²) in [5.41, 5.74) is -0.486. The number of carbonyl (C=O) groups excluding carboxylic acids is 1. The van der Waals surface area contributed by atoms with E-state index in [1.165, 1.54) is 0 Å². The molecule has 2 fully saturated rings. The minimum atomic E-state index is -0.486. The first-order chi connectivity index (χ1) is 7.85. The van der Waals surface area contributed by atoms with Gasteiger partial charge in [0.1, 0.15) is 5.60 Å².